The molecule has 5 heteroatoms. The first-order chi connectivity index (χ1) is 10.9. The van der Waals surface area contributed by atoms with Gasteiger partial charge in [-0.25, -0.2) is 0 Å². The molecule has 0 N–H and O–H groups in total. The highest BCUT2D eigenvalue weighted by Crippen LogP contribution is 2.24. The van der Waals surface area contributed by atoms with Crippen molar-refractivity contribution in [2.75, 3.05) is 20.3 Å². The lowest BCUT2D eigenvalue weighted by Crippen LogP contribution is -2.28. The molecule has 0 amide bonds. The summed E-state index contributed by atoms with van der Waals surface area (Å²) in [6, 6.07) is 7.64. The van der Waals surface area contributed by atoms with E-state index in [-0.39, 0.29) is 18.8 Å². The highest BCUT2D eigenvalue weighted by molar-refractivity contribution is 5.98. The highest BCUT2D eigenvalue weighted by atomic mass is 16.5. The van der Waals surface area contributed by atoms with Gasteiger partial charge in [0.25, 0.3) is 0 Å². The molecule has 0 heterocycles. The predicted octanol–water partition coefficient (Wildman–Crippen LogP) is 3.15. The van der Waals surface area contributed by atoms with Crippen molar-refractivity contribution < 1.29 is 23.8 Å². The molecule has 0 fully saturated rings. The van der Waals surface area contributed by atoms with Crippen molar-refractivity contribution in [3.63, 3.8) is 0 Å². The highest BCUT2D eigenvalue weighted by Gasteiger charge is 2.29. The zero-order valence-electron chi connectivity index (χ0n) is 14.4. The van der Waals surface area contributed by atoms with Gasteiger partial charge in [0.05, 0.1) is 20.3 Å². The Morgan fingerprint density at radius 3 is 2.35 bits per heavy atom. The van der Waals surface area contributed by atoms with Gasteiger partial charge in [-0.3, -0.25) is 9.59 Å². The van der Waals surface area contributed by atoms with Gasteiger partial charge < -0.3 is 14.2 Å². The van der Waals surface area contributed by atoms with E-state index >= 15 is 0 Å². The van der Waals surface area contributed by atoms with Crippen molar-refractivity contribution >= 4 is 11.8 Å². The van der Waals surface area contributed by atoms with Crippen LogP contribution in [0.25, 0.3) is 0 Å². The van der Waals surface area contributed by atoms with Gasteiger partial charge >= 0.3 is 5.97 Å². The number of carbonyl (C=O) groups is 2. The molecule has 0 bridgehead atoms. The van der Waals surface area contributed by atoms with Gasteiger partial charge in [0.2, 0.25) is 0 Å². The Morgan fingerprint density at radius 2 is 1.78 bits per heavy atom. The molecule has 0 unspecified atom stereocenters. The largest absolute Gasteiger partial charge is 0.497 e. The fourth-order valence-corrected chi connectivity index (χ4v) is 1.96. The standard InChI is InChI=1S/C18H26O5/c1-5-23-17(20)12-16(19)18(2,3)10-11-22-13-14-6-8-15(21-4)9-7-14/h6-9H,5,10-13H2,1-4H3. The Morgan fingerprint density at radius 1 is 1.13 bits per heavy atom. The van der Waals surface area contributed by atoms with Crippen molar-refractivity contribution in [1.82, 2.24) is 0 Å². The number of carbonyl (C=O) groups excluding carboxylic acids is 2. The van der Waals surface area contributed by atoms with Crippen LogP contribution in [0.1, 0.15) is 39.2 Å². The summed E-state index contributed by atoms with van der Waals surface area (Å²) in [6.45, 7) is 6.59. The minimum absolute atomic E-state index is 0.121. The maximum Gasteiger partial charge on any atom is 0.313 e. The first-order valence-electron chi connectivity index (χ1n) is 7.78. The van der Waals surface area contributed by atoms with Gasteiger partial charge in [0.15, 0.2) is 0 Å². The lowest BCUT2D eigenvalue weighted by atomic mass is 9.83. The second-order valence-electron chi connectivity index (χ2n) is 5.94. The van der Waals surface area contributed by atoms with Gasteiger partial charge in [0.1, 0.15) is 18.0 Å². The van der Waals surface area contributed by atoms with Crippen LogP contribution in [0, 0.1) is 5.41 Å². The van der Waals surface area contributed by atoms with E-state index in [4.69, 9.17) is 14.2 Å². The van der Waals surface area contributed by atoms with Crippen LogP contribution in [-0.4, -0.2) is 32.1 Å². The number of ketones is 1. The molecule has 0 aliphatic carbocycles. The summed E-state index contributed by atoms with van der Waals surface area (Å²) in [5, 5.41) is 0. The van der Waals surface area contributed by atoms with Crippen molar-refractivity contribution in [2.45, 2.75) is 40.2 Å². The summed E-state index contributed by atoms with van der Waals surface area (Å²) in [5.74, 6) is 0.216. The molecule has 0 radical (unpaired) electrons. The molecular formula is C18H26O5. The van der Waals surface area contributed by atoms with Gasteiger partial charge in [0, 0.05) is 12.0 Å². The van der Waals surface area contributed by atoms with Crippen LogP contribution in [-0.2, 0) is 25.7 Å². The van der Waals surface area contributed by atoms with E-state index in [0.717, 1.165) is 11.3 Å². The molecule has 0 saturated heterocycles. The number of hydrogen-bond donors (Lipinski definition) is 0. The number of rotatable bonds is 10. The Labute approximate surface area is 137 Å². The normalized spacial score (nSPS) is 11.1. The zero-order valence-corrected chi connectivity index (χ0v) is 14.4. The van der Waals surface area contributed by atoms with Crippen LogP contribution in [0.5, 0.6) is 5.75 Å². The zero-order chi connectivity index (χ0) is 17.3. The number of Topliss-reactive ketones (excluding diaryl/α,β-unsaturated/α-hetero) is 1. The third-order valence-corrected chi connectivity index (χ3v) is 3.66. The second-order valence-corrected chi connectivity index (χ2v) is 5.94. The van der Waals surface area contributed by atoms with Gasteiger partial charge in [-0.15, -0.1) is 0 Å². The molecule has 128 valence electrons. The Bertz CT molecular complexity index is 505. The van der Waals surface area contributed by atoms with Crippen LogP contribution in [0.2, 0.25) is 0 Å². The molecule has 23 heavy (non-hydrogen) atoms. The molecule has 1 aromatic carbocycles. The van der Waals surface area contributed by atoms with E-state index in [2.05, 4.69) is 0 Å². The molecule has 0 aromatic heterocycles. The van der Waals surface area contributed by atoms with Gasteiger partial charge in [-0.2, -0.15) is 0 Å². The number of methoxy groups -OCH3 is 1. The third-order valence-electron chi connectivity index (χ3n) is 3.66. The first kappa shape index (κ1) is 19.2. The molecule has 0 aliphatic heterocycles. The number of hydrogen-bond acceptors (Lipinski definition) is 5. The van der Waals surface area contributed by atoms with E-state index in [1.54, 1.807) is 14.0 Å². The molecule has 1 rings (SSSR count). The number of benzene rings is 1. The summed E-state index contributed by atoms with van der Waals surface area (Å²) in [4.78, 5) is 23.5. The Balaban J connectivity index is 2.34. The maximum absolute atomic E-state index is 12.1. The molecular weight excluding hydrogens is 296 g/mol. The molecule has 0 aliphatic rings. The van der Waals surface area contributed by atoms with Crippen molar-refractivity contribution in [3.05, 3.63) is 29.8 Å². The lowest BCUT2D eigenvalue weighted by molar-refractivity contribution is -0.147. The fourth-order valence-electron chi connectivity index (χ4n) is 1.96. The fraction of sp³-hybridized carbons (Fsp3) is 0.556. The van der Waals surface area contributed by atoms with E-state index < -0.39 is 11.4 Å². The average molecular weight is 322 g/mol. The van der Waals surface area contributed by atoms with E-state index in [1.165, 1.54) is 0 Å². The SMILES string of the molecule is CCOC(=O)CC(=O)C(C)(C)CCOCc1ccc(OC)cc1. The van der Waals surface area contributed by atoms with Crippen molar-refractivity contribution in [2.24, 2.45) is 5.41 Å². The summed E-state index contributed by atoms with van der Waals surface area (Å²) in [7, 11) is 1.63. The second kappa shape index (κ2) is 9.30. The smallest absolute Gasteiger partial charge is 0.313 e. The van der Waals surface area contributed by atoms with Crippen molar-refractivity contribution in [1.29, 1.82) is 0 Å². The lowest BCUT2D eigenvalue weighted by Gasteiger charge is -2.22. The summed E-state index contributed by atoms with van der Waals surface area (Å²) in [5.41, 5.74) is 0.439. The van der Waals surface area contributed by atoms with Crippen LogP contribution < -0.4 is 4.74 Å². The maximum atomic E-state index is 12.1. The molecule has 5 nitrogen and oxygen atoms in total. The third kappa shape index (κ3) is 6.82. The van der Waals surface area contributed by atoms with Crippen LogP contribution >= 0.6 is 0 Å². The Kier molecular flexibility index (Phi) is 7.75. The molecule has 0 atom stereocenters. The number of esters is 1. The first-order valence-corrected chi connectivity index (χ1v) is 7.78. The Hall–Kier alpha value is -1.88. The van der Waals surface area contributed by atoms with Crippen LogP contribution in [0.4, 0.5) is 0 Å². The predicted molar refractivity (Wildman–Crippen MR) is 87.3 cm³/mol. The molecule has 0 saturated carbocycles. The summed E-state index contributed by atoms with van der Waals surface area (Å²) < 4.78 is 15.5. The van der Waals surface area contributed by atoms with Gasteiger partial charge in [-0.05, 0) is 31.0 Å². The number of ether oxygens (including phenoxy) is 3. The van der Waals surface area contributed by atoms with E-state index in [0.29, 0.717) is 19.6 Å². The quantitative estimate of drug-likeness (QED) is 0.376. The molecule has 0 spiro atoms. The van der Waals surface area contributed by atoms with Gasteiger partial charge in [-0.1, -0.05) is 26.0 Å². The topological polar surface area (TPSA) is 61.8 Å². The summed E-state index contributed by atoms with van der Waals surface area (Å²) >= 11 is 0. The minimum atomic E-state index is -0.604. The van der Waals surface area contributed by atoms with Crippen LogP contribution in [0.3, 0.4) is 0 Å². The average Bonchev–Trinajstić information content (AvgIpc) is 2.52. The summed E-state index contributed by atoms with van der Waals surface area (Å²) in [6.07, 6.45) is 0.376. The van der Waals surface area contributed by atoms with E-state index in [9.17, 15) is 9.59 Å². The monoisotopic (exact) mass is 322 g/mol. The molecule has 1 aromatic rings. The van der Waals surface area contributed by atoms with E-state index in [1.807, 2.05) is 38.1 Å². The minimum Gasteiger partial charge on any atom is -0.497 e. The van der Waals surface area contributed by atoms with Crippen molar-refractivity contribution in [3.8, 4) is 5.75 Å². The van der Waals surface area contributed by atoms with Crippen LogP contribution in [0.15, 0.2) is 24.3 Å².